The van der Waals surface area contributed by atoms with E-state index in [1.165, 1.54) is 12.1 Å². The lowest BCUT2D eigenvalue weighted by Crippen LogP contribution is -2.42. The normalized spacial score (nSPS) is 15.9. The van der Waals surface area contributed by atoms with Crippen LogP contribution < -0.4 is 10.6 Å². The molecule has 1 heterocycles. The largest absolute Gasteiger partial charge is 0.379 e. The van der Waals surface area contributed by atoms with Crippen LogP contribution >= 0.6 is 11.6 Å². The Morgan fingerprint density at radius 2 is 2.15 bits per heavy atom. The standard InChI is InChI=1S/C13H17ClFN3O2/c14-10-1-2-12(11(15)9-10)17-13(19)16-3-4-18-5-7-20-8-6-18/h1-2,9H,3-8H2,(H2,16,17,19). The van der Waals surface area contributed by atoms with E-state index >= 15 is 0 Å². The van der Waals surface area contributed by atoms with E-state index < -0.39 is 11.8 Å². The van der Waals surface area contributed by atoms with Crippen LogP contribution in [0.2, 0.25) is 5.02 Å². The van der Waals surface area contributed by atoms with Crippen molar-refractivity contribution in [2.45, 2.75) is 0 Å². The maximum absolute atomic E-state index is 13.5. The van der Waals surface area contributed by atoms with Gasteiger partial charge in [-0.05, 0) is 18.2 Å². The van der Waals surface area contributed by atoms with Gasteiger partial charge in [0.1, 0.15) is 5.82 Å². The molecule has 0 aliphatic carbocycles. The quantitative estimate of drug-likeness (QED) is 0.893. The number of morpholine rings is 1. The summed E-state index contributed by atoms with van der Waals surface area (Å²) >= 11 is 5.64. The Balaban J connectivity index is 1.72. The SMILES string of the molecule is O=C(NCCN1CCOCC1)Nc1ccc(Cl)cc1F. The number of hydrogen-bond acceptors (Lipinski definition) is 3. The van der Waals surface area contributed by atoms with Crippen molar-refractivity contribution in [3.8, 4) is 0 Å². The number of anilines is 1. The summed E-state index contributed by atoms with van der Waals surface area (Å²) in [4.78, 5) is 13.8. The van der Waals surface area contributed by atoms with Crippen molar-refractivity contribution in [1.29, 1.82) is 0 Å². The van der Waals surface area contributed by atoms with Gasteiger partial charge >= 0.3 is 6.03 Å². The molecule has 110 valence electrons. The third-order valence-electron chi connectivity index (χ3n) is 3.00. The maximum atomic E-state index is 13.5. The van der Waals surface area contributed by atoms with Crippen molar-refractivity contribution >= 4 is 23.3 Å². The number of halogens is 2. The van der Waals surface area contributed by atoms with Crippen molar-refractivity contribution in [2.24, 2.45) is 0 Å². The van der Waals surface area contributed by atoms with Gasteiger partial charge in [0.05, 0.1) is 18.9 Å². The van der Waals surface area contributed by atoms with Crippen LogP contribution in [0.25, 0.3) is 0 Å². The molecule has 5 nitrogen and oxygen atoms in total. The van der Waals surface area contributed by atoms with E-state index in [2.05, 4.69) is 15.5 Å². The Morgan fingerprint density at radius 3 is 2.85 bits per heavy atom. The third kappa shape index (κ3) is 4.63. The highest BCUT2D eigenvalue weighted by Crippen LogP contribution is 2.18. The second-order valence-electron chi connectivity index (χ2n) is 4.46. The molecule has 2 N–H and O–H groups in total. The number of nitrogens with zero attached hydrogens (tertiary/aromatic N) is 1. The van der Waals surface area contributed by atoms with E-state index in [1.807, 2.05) is 0 Å². The minimum absolute atomic E-state index is 0.110. The van der Waals surface area contributed by atoms with Gasteiger partial charge in [0.25, 0.3) is 0 Å². The lowest BCUT2D eigenvalue weighted by molar-refractivity contribution is 0.0388. The molecule has 20 heavy (non-hydrogen) atoms. The average molecular weight is 302 g/mol. The van der Waals surface area contributed by atoms with Gasteiger partial charge in [-0.15, -0.1) is 0 Å². The van der Waals surface area contributed by atoms with Crippen LogP contribution in [0.15, 0.2) is 18.2 Å². The molecule has 0 bridgehead atoms. The molecular formula is C13H17ClFN3O2. The van der Waals surface area contributed by atoms with Crippen molar-refractivity contribution in [2.75, 3.05) is 44.7 Å². The fourth-order valence-electron chi connectivity index (χ4n) is 1.91. The molecule has 7 heteroatoms. The Kier molecular flexibility index (Phi) is 5.58. The van der Waals surface area contributed by atoms with Gasteiger partial charge in [-0.25, -0.2) is 9.18 Å². The van der Waals surface area contributed by atoms with Gasteiger partial charge in [-0.1, -0.05) is 11.6 Å². The first-order valence-electron chi connectivity index (χ1n) is 6.45. The van der Waals surface area contributed by atoms with Crippen LogP contribution in [-0.4, -0.2) is 50.3 Å². The zero-order valence-electron chi connectivity index (χ0n) is 11.0. The van der Waals surface area contributed by atoms with E-state index in [9.17, 15) is 9.18 Å². The van der Waals surface area contributed by atoms with Crippen LogP contribution in [0.4, 0.5) is 14.9 Å². The molecular weight excluding hydrogens is 285 g/mol. The van der Waals surface area contributed by atoms with Crippen molar-refractivity contribution in [1.82, 2.24) is 10.2 Å². The van der Waals surface area contributed by atoms with E-state index in [-0.39, 0.29) is 5.69 Å². The molecule has 0 atom stereocenters. The molecule has 2 rings (SSSR count). The maximum Gasteiger partial charge on any atom is 0.319 e. The first-order chi connectivity index (χ1) is 9.65. The predicted octanol–water partition coefficient (Wildman–Crippen LogP) is 1.93. The van der Waals surface area contributed by atoms with Crippen LogP contribution in [0.5, 0.6) is 0 Å². The van der Waals surface area contributed by atoms with Crippen LogP contribution in [0.1, 0.15) is 0 Å². The number of hydrogen-bond donors (Lipinski definition) is 2. The molecule has 0 unspecified atom stereocenters. The second-order valence-corrected chi connectivity index (χ2v) is 4.90. The summed E-state index contributed by atoms with van der Waals surface area (Å²) in [6.45, 7) is 4.44. The van der Waals surface area contributed by atoms with E-state index in [0.717, 1.165) is 38.9 Å². The number of rotatable bonds is 4. The molecule has 1 fully saturated rings. The van der Waals surface area contributed by atoms with Gasteiger partial charge < -0.3 is 15.4 Å². The Bertz CT molecular complexity index is 467. The number of ether oxygens (including phenoxy) is 1. The fraction of sp³-hybridized carbons (Fsp3) is 0.462. The van der Waals surface area contributed by atoms with Crippen LogP contribution in [0.3, 0.4) is 0 Å². The van der Waals surface area contributed by atoms with Crippen LogP contribution in [0, 0.1) is 5.82 Å². The average Bonchev–Trinajstić information content (AvgIpc) is 2.43. The molecule has 1 aromatic carbocycles. The zero-order valence-corrected chi connectivity index (χ0v) is 11.8. The zero-order chi connectivity index (χ0) is 14.4. The van der Waals surface area contributed by atoms with Crippen LogP contribution in [-0.2, 0) is 4.74 Å². The lowest BCUT2D eigenvalue weighted by Gasteiger charge is -2.26. The van der Waals surface area contributed by atoms with E-state index in [4.69, 9.17) is 16.3 Å². The molecule has 2 amide bonds. The van der Waals surface area contributed by atoms with Gasteiger partial charge in [-0.3, -0.25) is 4.90 Å². The molecule has 1 saturated heterocycles. The number of nitrogens with one attached hydrogen (secondary N) is 2. The van der Waals surface area contributed by atoms with Crippen molar-refractivity contribution in [3.63, 3.8) is 0 Å². The van der Waals surface area contributed by atoms with Gasteiger partial charge in [-0.2, -0.15) is 0 Å². The highest BCUT2D eigenvalue weighted by molar-refractivity contribution is 6.30. The monoisotopic (exact) mass is 301 g/mol. The first-order valence-corrected chi connectivity index (χ1v) is 6.83. The summed E-state index contributed by atoms with van der Waals surface area (Å²) in [5, 5.41) is 5.43. The number of urea groups is 1. The van der Waals surface area contributed by atoms with E-state index in [1.54, 1.807) is 0 Å². The molecule has 1 aromatic rings. The third-order valence-corrected chi connectivity index (χ3v) is 3.23. The molecule has 0 radical (unpaired) electrons. The molecule has 1 aliphatic heterocycles. The number of carbonyl (C=O) groups is 1. The van der Waals surface area contributed by atoms with Gasteiger partial charge in [0, 0.05) is 31.2 Å². The minimum atomic E-state index is -0.555. The molecule has 1 aliphatic rings. The Hall–Kier alpha value is -1.37. The molecule has 0 spiro atoms. The summed E-state index contributed by atoms with van der Waals surface area (Å²) in [5.74, 6) is -0.555. The number of amides is 2. The Labute approximate surface area is 122 Å². The smallest absolute Gasteiger partial charge is 0.319 e. The first kappa shape index (κ1) is 15.0. The summed E-state index contributed by atoms with van der Waals surface area (Å²) < 4.78 is 18.7. The Morgan fingerprint density at radius 1 is 1.40 bits per heavy atom. The topological polar surface area (TPSA) is 53.6 Å². The number of benzene rings is 1. The lowest BCUT2D eigenvalue weighted by atomic mass is 10.3. The highest BCUT2D eigenvalue weighted by Gasteiger charge is 2.11. The summed E-state index contributed by atoms with van der Waals surface area (Å²) in [6, 6.07) is 3.68. The number of carbonyl (C=O) groups excluding carboxylic acids is 1. The highest BCUT2D eigenvalue weighted by atomic mass is 35.5. The second kappa shape index (κ2) is 7.42. The van der Waals surface area contributed by atoms with E-state index in [0.29, 0.717) is 11.6 Å². The minimum Gasteiger partial charge on any atom is -0.379 e. The van der Waals surface area contributed by atoms with Gasteiger partial charge in [0.2, 0.25) is 0 Å². The fourth-order valence-corrected chi connectivity index (χ4v) is 2.07. The van der Waals surface area contributed by atoms with Crippen molar-refractivity contribution < 1.29 is 13.9 Å². The van der Waals surface area contributed by atoms with Gasteiger partial charge in [0.15, 0.2) is 0 Å². The molecule has 0 saturated carbocycles. The summed E-state index contributed by atoms with van der Waals surface area (Å²) in [7, 11) is 0. The van der Waals surface area contributed by atoms with Crippen molar-refractivity contribution in [3.05, 3.63) is 29.0 Å². The molecule has 0 aromatic heterocycles. The summed E-state index contributed by atoms with van der Waals surface area (Å²) in [6.07, 6.45) is 0. The predicted molar refractivity (Wildman–Crippen MR) is 75.7 cm³/mol. The summed E-state index contributed by atoms with van der Waals surface area (Å²) in [5.41, 5.74) is 0.110.